The minimum absolute atomic E-state index is 0.282. The minimum Gasteiger partial charge on any atom is -0.462 e. The van der Waals surface area contributed by atoms with Crippen LogP contribution in [0.25, 0.3) is 0 Å². The summed E-state index contributed by atoms with van der Waals surface area (Å²) < 4.78 is 9.70. The Kier molecular flexibility index (Phi) is 4.95. The van der Waals surface area contributed by atoms with Crippen LogP contribution >= 0.6 is 11.3 Å². The molecule has 114 valence electrons. The lowest BCUT2D eigenvalue weighted by molar-refractivity contribution is -0.144. The molecule has 0 aromatic carbocycles. The highest BCUT2D eigenvalue weighted by molar-refractivity contribution is 7.17. The van der Waals surface area contributed by atoms with Crippen LogP contribution in [0.5, 0.6) is 0 Å². The lowest BCUT2D eigenvalue weighted by Crippen LogP contribution is -2.21. The molecule has 0 spiro atoms. The van der Waals surface area contributed by atoms with Crippen LogP contribution < -0.4 is 5.32 Å². The average Bonchev–Trinajstić information content (AvgIpc) is 2.96. The second-order valence-corrected chi connectivity index (χ2v) is 5.72. The van der Waals surface area contributed by atoms with E-state index < -0.39 is 17.8 Å². The molecule has 0 bridgehead atoms. The van der Waals surface area contributed by atoms with E-state index >= 15 is 0 Å². The normalized spacial score (nSPS) is 12.7. The van der Waals surface area contributed by atoms with Gasteiger partial charge in [0.1, 0.15) is 5.00 Å². The van der Waals surface area contributed by atoms with Gasteiger partial charge in [0.05, 0.1) is 12.2 Å². The van der Waals surface area contributed by atoms with Crippen molar-refractivity contribution in [2.75, 3.05) is 18.5 Å². The van der Waals surface area contributed by atoms with Crippen LogP contribution in [0, 0.1) is 0 Å². The Hall–Kier alpha value is -1.89. The van der Waals surface area contributed by atoms with Crippen molar-refractivity contribution in [2.24, 2.45) is 0 Å². The first-order chi connectivity index (χ1) is 10.0. The Labute approximate surface area is 126 Å². The molecule has 0 aliphatic heterocycles. The largest absolute Gasteiger partial charge is 0.462 e. The summed E-state index contributed by atoms with van der Waals surface area (Å²) >= 11 is 1.39. The predicted molar refractivity (Wildman–Crippen MR) is 77.6 cm³/mol. The molecular formula is C14H17NO5S. The number of rotatable bonds is 5. The van der Waals surface area contributed by atoms with Gasteiger partial charge in [-0.3, -0.25) is 9.59 Å². The highest BCUT2D eigenvalue weighted by Gasteiger charge is 2.28. The number of anilines is 1. The lowest BCUT2D eigenvalue weighted by Gasteiger charge is -2.07. The summed E-state index contributed by atoms with van der Waals surface area (Å²) in [5.41, 5.74) is 1.42. The summed E-state index contributed by atoms with van der Waals surface area (Å²) in [7, 11) is 0. The van der Waals surface area contributed by atoms with Crippen molar-refractivity contribution in [1.29, 1.82) is 0 Å². The average molecular weight is 311 g/mol. The number of aryl methyl sites for hydroxylation is 1. The molecule has 6 nitrogen and oxygen atoms in total. The fourth-order valence-corrected chi connectivity index (χ4v) is 3.54. The maximum absolute atomic E-state index is 12.1. The molecule has 1 heterocycles. The number of fused-ring (bicyclic) bond motifs is 1. The molecule has 1 aliphatic rings. The van der Waals surface area contributed by atoms with E-state index in [4.69, 9.17) is 4.74 Å². The predicted octanol–water partition coefficient (Wildman–Crippen LogP) is 1.92. The summed E-state index contributed by atoms with van der Waals surface area (Å²) in [5, 5.41) is 3.12. The van der Waals surface area contributed by atoms with Gasteiger partial charge < -0.3 is 14.8 Å². The van der Waals surface area contributed by atoms with E-state index in [1.165, 1.54) is 18.3 Å². The number of thiophene rings is 1. The number of carbonyl (C=O) groups excluding carboxylic acids is 3. The van der Waals surface area contributed by atoms with Crippen molar-refractivity contribution in [2.45, 2.75) is 33.1 Å². The van der Waals surface area contributed by atoms with Crippen LogP contribution in [0.1, 0.15) is 41.1 Å². The number of carbonyl (C=O) groups is 3. The molecule has 1 N–H and O–H groups in total. The summed E-state index contributed by atoms with van der Waals surface area (Å²) in [6.45, 7) is 2.89. The summed E-state index contributed by atoms with van der Waals surface area (Å²) in [6.07, 6.45) is 2.74. The third-order valence-corrected chi connectivity index (χ3v) is 4.27. The molecule has 21 heavy (non-hydrogen) atoms. The highest BCUT2D eigenvalue weighted by Crippen LogP contribution is 2.39. The van der Waals surface area contributed by atoms with Crippen LogP contribution in [-0.2, 0) is 31.9 Å². The van der Waals surface area contributed by atoms with Crippen molar-refractivity contribution >= 4 is 34.2 Å². The van der Waals surface area contributed by atoms with E-state index in [0.29, 0.717) is 10.6 Å². The fraction of sp³-hybridized carbons (Fsp3) is 0.500. The number of nitrogens with one attached hydrogen (secondary N) is 1. The number of hydrogen-bond donors (Lipinski definition) is 1. The van der Waals surface area contributed by atoms with Crippen molar-refractivity contribution in [3.8, 4) is 0 Å². The molecule has 0 unspecified atom stereocenters. The molecule has 1 aromatic rings. The van der Waals surface area contributed by atoms with Gasteiger partial charge in [-0.15, -0.1) is 11.3 Å². The monoisotopic (exact) mass is 311 g/mol. The molecule has 1 amide bonds. The Bertz CT molecular complexity index is 578. The van der Waals surface area contributed by atoms with E-state index in [2.05, 4.69) is 10.1 Å². The minimum atomic E-state index is -0.524. The topological polar surface area (TPSA) is 81.7 Å². The van der Waals surface area contributed by atoms with Crippen LogP contribution in [0.2, 0.25) is 0 Å². The first-order valence-electron chi connectivity index (χ1n) is 6.77. The van der Waals surface area contributed by atoms with Crippen LogP contribution in [0.15, 0.2) is 0 Å². The fourth-order valence-electron chi connectivity index (χ4n) is 2.24. The van der Waals surface area contributed by atoms with E-state index in [-0.39, 0.29) is 13.2 Å². The Morgan fingerprint density at radius 2 is 2.00 bits per heavy atom. The maximum atomic E-state index is 12.1. The first kappa shape index (κ1) is 15.5. The smallest absolute Gasteiger partial charge is 0.341 e. The van der Waals surface area contributed by atoms with Gasteiger partial charge in [-0.2, -0.15) is 0 Å². The molecule has 0 saturated heterocycles. The van der Waals surface area contributed by atoms with Gasteiger partial charge >= 0.3 is 11.9 Å². The quantitative estimate of drug-likeness (QED) is 0.840. The molecule has 0 atom stereocenters. The number of ether oxygens (including phenoxy) is 2. The van der Waals surface area contributed by atoms with E-state index in [1.54, 1.807) is 6.92 Å². The van der Waals surface area contributed by atoms with Gasteiger partial charge in [0, 0.05) is 11.8 Å². The zero-order valence-corrected chi connectivity index (χ0v) is 12.8. The number of amides is 1. The second kappa shape index (κ2) is 6.71. The summed E-state index contributed by atoms with van der Waals surface area (Å²) in [6, 6.07) is 0. The Morgan fingerprint density at radius 1 is 1.24 bits per heavy atom. The zero-order chi connectivity index (χ0) is 15.4. The number of esters is 2. The molecule has 0 fully saturated rings. The molecular weight excluding hydrogens is 294 g/mol. The van der Waals surface area contributed by atoms with Crippen molar-refractivity contribution in [1.82, 2.24) is 0 Å². The standard InChI is InChI=1S/C14H17NO5S/c1-3-19-14(18)12-9-5-4-6-10(9)21-13(12)15-11(17)7-20-8(2)16/h3-7H2,1-2H3,(H,15,17). The third-order valence-electron chi connectivity index (χ3n) is 3.06. The van der Waals surface area contributed by atoms with E-state index in [9.17, 15) is 14.4 Å². The SMILES string of the molecule is CCOC(=O)c1c(NC(=O)COC(C)=O)sc2c1CCC2. The highest BCUT2D eigenvalue weighted by atomic mass is 32.1. The second-order valence-electron chi connectivity index (χ2n) is 4.61. The number of hydrogen-bond acceptors (Lipinski definition) is 6. The molecule has 1 aliphatic carbocycles. The zero-order valence-electron chi connectivity index (χ0n) is 12.0. The van der Waals surface area contributed by atoms with Gasteiger partial charge in [0.15, 0.2) is 6.61 Å². The van der Waals surface area contributed by atoms with Crippen molar-refractivity contribution < 1.29 is 23.9 Å². The van der Waals surface area contributed by atoms with Gasteiger partial charge in [-0.1, -0.05) is 0 Å². The molecule has 7 heteroatoms. The molecule has 0 saturated carbocycles. The molecule has 1 aromatic heterocycles. The Balaban J connectivity index is 2.17. The lowest BCUT2D eigenvalue weighted by atomic mass is 10.1. The van der Waals surface area contributed by atoms with Crippen LogP contribution in [0.3, 0.4) is 0 Å². The van der Waals surface area contributed by atoms with Crippen LogP contribution in [0.4, 0.5) is 5.00 Å². The first-order valence-corrected chi connectivity index (χ1v) is 7.59. The third kappa shape index (κ3) is 3.60. The van der Waals surface area contributed by atoms with Gasteiger partial charge in [-0.25, -0.2) is 4.79 Å². The molecule has 2 rings (SSSR count). The van der Waals surface area contributed by atoms with E-state index in [1.807, 2.05) is 0 Å². The van der Waals surface area contributed by atoms with Gasteiger partial charge in [-0.05, 0) is 31.7 Å². The molecule has 0 radical (unpaired) electrons. The Morgan fingerprint density at radius 3 is 2.67 bits per heavy atom. The maximum Gasteiger partial charge on any atom is 0.341 e. The van der Waals surface area contributed by atoms with Crippen molar-refractivity contribution in [3.05, 3.63) is 16.0 Å². The summed E-state index contributed by atoms with van der Waals surface area (Å²) in [4.78, 5) is 35.6. The van der Waals surface area contributed by atoms with Crippen LogP contribution in [-0.4, -0.2) is 31.1 Å². The van der Waals surface area contributed by atoms with Gasteiger partial charge in [0.25, 0.3) is 5.91 Å². The summed E-state index contributed by atoms with van der Waals surface area (Å²) in [5.74, 6) is -1.40. The van der Waals surface area contributed by atoms with Gasteiger partial charge in [0.2, 0.25) is 0 Å². The van der Waals surface area contributed by atoms with E-state index in [0.717, 1.165) is 29.7 Å². The van der Waals surface area contributed by atoms with Crippen molar-refractivity contribution in [3.63, 3.8) is 0 Å².